The Morgan fingerprint density at radius 3 is 2.50 bits per heavy atom. The molecule has 3 aromatic rings. The van der Waals surface area contributed by atoms with Crippen LogP contribution in [0.4, 0.5) is 5.69 Å². The number of rotatable bonds is 7. The van der Waals surface area contributed by atoms with Gasteiger partial charge in [0.25, 0.3) is 0 Å². The van der Waals surface area contributed by atoms with Crippen molar-refractivity contribution in [3.8, 4) is 11.3 Å². The number of carbonyl (C=O) groups excluding carboxylic acids is 1. The lowest BCUT2D eigenvalue weighted by molar-refractivity contribution is -0.120. The molecule has 1 amide bonds. The van der Waals surface area contributed by atoms with E-state index in [1.807, 2.05) is 54.6 Å². The zero-order valence-corrected chi connectivity index (χ0v) is 16.8. The second-order valence-electron chi connectivity index (χ2n) is 6.52. The van der Waals surface area contributed by atoms with Crippen LogP contribution in [-0.4, -0.2) is 35.5 Å². The minimum absolute atomic E-state index is 0.00796. The summed E-state index contributed by atoms with van der Waals surface area (Å²) in [4.78, 5) is 20.5. The van der Waals surface area contributed by atoms with Crippen LogP contribution in [0.25, 0.3) is 11.3 Å². The summed E-state index contributed by atoms with van der Waals surface area (Å²) in [6, 6.07) is 16.6. The van der Waals surface area contributed by atoms with E-state index in [-0.39, 0.29) is 11.7 Å². The molecule has 1 aromatic heterocycles. The maximum absolute atomic E-state index is 12.4. The summed E-state index contributed by atoms with van der Waals surface area (Å²) in [5, 5.41) is 13.7. The van der Waals surface area contributed by atoms with Gasteiger partial charge in [-0.3, -0.25) is 15.2 Å². The van der Waals surface area contributed by atoms with Gasteiger partial charge in [-0.2, -0.15) is 0 Å². The first-order valence-electron chi connectivity index (χ1n) is 9.42. The summed E-state index contributed by atoms with van der Waals surface area (Å²) in [7, 11) is 1.69. The molecule has 0 radical (unpaired) electrons. The number of aromatic nitrogens is 1. The second kappa shape index (κ2) is 9.97. The lowest BCUT2D eigenvalue weighted by atomic mass is 10.1. The number of hydrogen-bond donors (Lipinski definition) is 3. The fourth-order valence-electron chi connectivity index (χ4n) is 2.76. The van der Waals surface area contributed by atoms with E-state index in [1.54, 1.807) is 26.2 Å². The summed E-state index contributed by atoms with van der Waals surface area (Å²) >= 11 is 0. The highest BCUT2D eigenvalue weighted by molar-refractivity contribution is 6.13. The minimum Gasteiger partial charge on any atom is -0.444 e. The number of benzene rings is 2. The van der Waals surface area contributed by atoms with E-state index in [2.05, 4.69) is 20.6 Å². The largest absolute Gasteiger partial charge is 0.444 e. The van der Waals surface area contributed by atoms with E-state index < -0.39 is 6.04 Å². The van der Waals surface area contributed by atoms with Crippen LogP contribution in [0.5, 0.6) is 0 Å². The van der Waals surface area contributed by atoms with Crippen molar-refractivity contribution in [1.29, 1.82) is 5.41 Å². The molecule has 152 valence electrons. The molecule has 1 atom stereocenters. The summed E-state index contributed by atoms with van der Waals surface area (Å²) in [5.41, 5.74) is 3.35. The smallest absolute Gasteiger partial charge is 0.247 e. The first-order valence-corrected chi connectivity index (χ1v) is 9.42. The normalized spacial score (nSPS) is 12.5. The van der Waals surface area contributed by atoms with Crippen molar-refractivity contribution in [3.63, 3.8) is 0 Å². The van der Waals surface area contributed by atoms with Crippen molar-refractivity contribution in [2.24, 2.45) is 4.99 Å². The van der Waals surface area contributed by atoms with Crippen molar-refractivity contribution < 1.29 is 9.21 Å². The van der Waals surface area contributed by atoms with Crippen LogP contribution >= 0.6 is 0 Å². The van der Waals surface area contributed by atoms with Gasteiger partial charge in [0.2, 0.25) is 5.91 Å². The molecule has 3 rings (SSSR count). The van der Waals surface area contributed by atoms with Gasteiger partial charge in [-0.05, 0) is 48.9 Å². The first kappa shape index (κ1) is 20.7. The standard InChI is InChI=1S/C23H23N5O2/c1-16(27-19-10-8-18(9-11-19)21-14-26-15-30-21)23(29)28-22(24)13-12-20(25-2)17-6-4-3-5-7-17/h3-16,27H,1-2H3,(H2,24,28,29)/b13-12-,25-20?. The average Bonchev–Trinajstić information content (AvgIpc) is 3.30. The van der Waals surface area contributed by atoms with Gasteiger partial charge in [0, 0.05) is 18.3 Å². The Labute approximate surface area is 175 Å². The molecule has 0 spiro atoms. The highest BCUT2D eigenvalue weighted by atomic mass is 16.3. The van der Waals surface area contributed by atoms with Crippen LogP contribution in [0.3, 0.4) is 0 Å². The van der Waals surface area contributed by atoms with Gasteiger partial charge in [0.1, 0.15) is 11.9 Å². The fourth-order valence-corrected chi connectivity index (χ4v) is 2.76. The third-order valence-electron chi connectivity index (χ3n) is 4.35. The Morgan fingerprint density at radius 1 is 1.13 bits per heavy atom. The van der Waals surface area contributed by atoms with Crippen molar-refractivity contribution >= 4 is 23.1 Å². The molecular weight excluding hydrogens is 378 g/mol. The number of carbonyl (C=O) groups is 1. The number of hydrogen-bond acceptors (Lipinski definition) is 6. The fraction of sp³-hybridized carbons (Fsp3) is 0.130. The number of amidine groups is 1. The van der Waals surface area contributed by atoms with E-state index in [4.69, 9.17) is 9.83 Å². The van der Waals surface area contributed by atoms with Gasteiger partial charge in [-0.15, -0.1) is 0 Å². The molecule has 0 aliphatic rings. The zero-order valence-electron chi connectivity index (χ0n) is 16.8. The summed E-state index contributed by atoms with van der Waals surface area (Å²) in [6.45, 7) is 1.74. The number of aliphatic imine (C=N–C) groups is 1. The molecule has 30 heavy (non-hydrogen) atoms. The van der Waals surface area contributed by atoms with Crippen LogP contribution in [-0.2, 0) is 4.79 Å². The van der Waals surface area contributed by atoms with Gasteiger partial charge < -0.3 is 15.1 Å². The van der Waals surface area contributed by atoms with Gasteiger partial charge in [-0.25, -0.2) is 4.98 Å². The number of oxazole rings is 1. The molecule has 2 aromatic carbocycles. The maximum atomic E-state index is 12.4. The van der Waals surface area contributed by atoms with Gasteiger partial charge in [0.05, 0.1) is 11.9 Å². The summed E-state index contributed by atoms with van der Waals surface area (Å²) in [6.07, 6.45) is 6.25. The molecule has 7 heteroatoms. The predicted molar refractivity (Wildman–Crippen MR) is 119 cm³/mol. The number of nitrogens with one attached hydrogen (secondary N) is 3. The van der Waals surface area contributed by atoms with Gasteiger partial charge >= 0.3 is 0 Å². The molecule has 7 nitrogen and oxygen atoms in total. The van der Waals surface area contributed by atoms with Crippen LogP contribution in [0, 0.1) is 5.41 Å². The Morgan fingerprint density at radius 2 is 1.87 bits per heavy atom. The molecule has 3 N–H and O–H groups in total. The van der Waals surface area contributed by atoms with Crippen molar-refractivity contribution in [1.82, 2.24) is 10.3 Å². The lowest BCUT2D eigenvalue weighted by Crippen LogP contribution is -2.40. The third kappa shape index (κ3) is 5.51. The molecule has 1 unspecified atom stereocenters. The number of nitrogens with zero attached hydrogens (tertiary/aromatic N) is 2. The SMILES string of the molecule is CN=C(/C=C\C(=N)NC(=O)C(C)Nc1ccc(-c2cnco2)cc1)c1ccccc1. The highest BCUT2D eigenvalue weighted by Gasteiger charge is 2.13. The van der Waals surface area contributed by atoms with Gasteiger partial charge in [0.15, 0.2) is 12.2 Å². The molecule has 0 aliphatic heterocycles. The van der Waals surface area contributed by atoms with E-state index in [0.29, 0.717) is 5.76 Å². The molecular formula is C23H23N5O2. The van der Waals surface area contributed by atoms with Crippen LogP contribution in [0.15, 0.2) is 88.7 Å². The van der Waals surface area contributed by atoms with E-state index in [1.165, 1.54) is 12.5 Å². The monoisotopic (exact) mass is 401 g/mol. The van der Waals surface area contributed by atoms with Crippen LogP contribution < -0.4 is 10.6 Å². The van der Waals surface area contributed by atoms with Crippen molar-refractivity contribution in [2.45, 2.75) is 13.0 Å². The molecule has 0 saturated heterocycles. The van der Waals surface area contributed by atoms with Crippen LogP contribution in [0.1, 0.15) is 12.5 Å². The molecule has 0 fully saturated rings. The predicted octanol–water partition coefficient (Wildman–Crippen LogP) is 3.91. The maximum Gasteiger partial charge on any atom is 0.247 e. The summed E-state index contributed by atoms with van der Waals surface area (Å²) in [5.74, 6) is 0.364. The summed E-state index contributed by atoms with van der Waals surface area (Å²) < 4.78 is 5.26. The van der Waals surface area contributed by atoms with E-state index >= 15 is 0 Å². The number of anilines is 1. The van der Waals surface area contributed by atoms with E-state index in [0.717, 1.165) is 22.5 Å². The Hall–Kier alpha value is -4.00. The number of amides is 1. The van der Waals surface area contributed by atoms with Gasteiger partial charge in [-0.1, -0.05) is 30.3 Å². The average molecular weight is 401 g/mol. The quantitative estimate of drug-likeness (QED) is 0.412. The lowest BCUT2D eigenvalue weighted by Gasteiger charge is -2.15. The van der Waals surface area contributed by atoms with Crippen molar-refractivity contribution in [3.05, 3.63) is 84.9 Å². The molecule has 0 bridgehead atoms. The third-order valence-corrected chi connectivity index (χ3v) is 4.35. The Balaban J connectivity index is 1.54. The van der Waals surface area contributed by atoms with Crippen LogP contribution in [0.2, 0.25) is 0 Å². The Kier molecular flexibility index (Phi) is 6.89. The van der Waals surface area contributed by atoms with Crippen molar-refractivity contribution in [2.75, 3.05) is 12.4 Å². The zero-order chi connectivity index (χ0) is 21.3. The Bertz CT molecular complexity index is 1040. The number of allylic oxidation sites excluding steroid dienone is 1. The topological polar surface area (TPSA) is 103 Å². The first-order chi connectivity index (χ1) is 14.6. The van der Waals surface area contributed by atoms with E-state index in [9.17, 15) is 4.79 Å². The second-order valence-corrected chi connectivity index (χ2v) is 6.52. The molecule has 0 aliphatic carbocycles. The molecule has 1 heterocycles. The minimum atomic E-state index is -0.525. The highest BCUT2D eigenvalue weighted by Crippen LogP contribution is 2.21. The molecule has 0 saturated carbocycles.